The lowest BCUT2D eigenvalue weighted by atomic mass is 10.1. The van der Waals surface area contributed by atoms with E-state index >= 15 is 0 Å². The van der Waals surface area contributed by atoms with Crippen molar-refractivity contribution in [2.75, 3.05) is 27.2 Å². The van der Waals surface area contributed by atoms with E-state index in [1.807, 2.05) is 49.5 Å². The Morgan fingerprint density at radius 1 is 1.22 bits per heavy atom. The molecule has 0 spiro atoms. The first kappa shape index (κ1) is 19.3. The number of ether oxygens (including phenoxy) is 1. The monoisotopic (exact) mass is 384 g/mol. The van der Waals surface area contributed by atoms with Crippen LogP contribution in [0.5, 0.6) is 5.75 Å². The van der Waals surface area contributed by atoms with Crippen LogP contribution in [-0.4, -0.2) is 38.1 Å². The molecule has 3 aromatic rings. The molecular weight excluding hydrogens is 358 g/mol. The third-order valence-corrected chi connectivity index (χ3v) is 5.99. The van der Waals surface area contributed by atoms with Gasteiger partial charge in [0.1, 0.15) is 11.8 Å². The number of carbonyl (C=O) groups excluding carboxylic acids is 1. The lowest BCUT2D eigenvalue weighted by Crippen LogP contribution is -3.10. The fraction of sp³-hybridized carbons (Fsp3) is 0.333. The van der Waals surface area contributed by atoms with E-state index in [4.69, 9.17) is 9.72 Å². The van der Waals surface area contributed by atoms with Gasteiger partial charge in [-0.3, -0.25) is 4.79 Å². The minimum absolute atomic E-state index is 0.0513. The van der Waals surface area contributed by atoms with E-state index in [2.05, 4.69) is 18.3 Å². The second-order valence-corrected chi connectivity index (χ2v) is 7.74. The highest BCUT2D eigenvalue weighted by atomic mass is 32.1. The number of para-hydroxylation sites is 2. The summed E-state index contributed by atoms with van der Waals surface area (Å²) >= 11 is 1.70. The van der Waals surface area contributed by atoms with E-state index in [-0.39, 0.29) is 11.9 Å². The maximum Gasteiger partial charge on any atom is 0.275 e. The van der Waals surface area contributed by atoms with E-state index in [0.717, 1.165) is 33.2 Å². The molecule has 0 aliphatic rings. The molecule has 0 saturated heterocycles. The summed E-state index contributed by atoms with van der Waals surface area (Å²) in [7, 11) is 3.70. The fourth-order valence-corrected chi connectivity index (χ4v) is 4.11. The van der Waals surface area contributed by atoms with Crippen molar-refractivity contribution in [3.8, 4) is 5.75 Å². The van der Waals surface area contributed by atoms with Crippen LogP contribution in [0, 0.1) is 0 Å². The van der Waals surface area contributed by atoms with Gasteiger partial charge >= 0.3 is 0 Å². The molecule has 0 saturated carbocycles. The highest BCUT2D eigenvalue weighted by molar-refractivity contribution is 7.18. The number of benzene rings is 2. The van der Waals surface area contributed by atoms with E-state index in [9.17, 15) is 4.79 Å². The highest BCUT2D eigenvalue weighted by Gasteiger charge is 2.21. The molecule has 0 aliphatic heterocycles. The largest absolute Gasteiger partial charge is 0.496 e. The average Bonchev–Trinajstić information content (AvgIpc) is 3.11. The average molecular weight is 385 g/mol. The molecule has 27 heavy (non-hydrogen) atoms. The molecular formula is C21H26N3O2S+. The van der Waals surface area contributed by atoms with E-state index in [0.29, 0.717) is 13.1 Å². The van der Waals surface area contributed by atoms with E-state index in [1.165, 1.54) is 4.70 Å². The number of fused-ring (bicyclic) bond motifs is 1. The third-order valence-electron chi connectivity index (χ3n) is 4.77. The van der Waals surface area contributed by atoms with Crippen LogP contribution in [0.25, 0.3) is 10.2 Å². The molecule has 1 unspecified atom stereocenters. The Kier molecular flexibility index (Phi) is 6.42. The molecule has 0 aliphatic carbocycles. The maximum absolute atomic E-state index is 12.3. The van der Waals surface area contributed by atoms with Crippen molar-refractivity contribution in [2.24, 2.45) is 0 Å². The van der Waals surface area contributed by atoms with Crippen LogP contribution in [-0.2, 0) is 11.2 Å². The Morgan fingerprint density at radius 2 is 1.96 bits per heavy atom. The SMILES string of the molecule is COc1ccccc1CCNC(=O)C[NH+](C)[C@@H](C)c1nc2ccccc2s1. The smallest absolute Gasteiger partial charge is 0.275 e. The van der Waals surface area contributed by atoms with Crippen LogP contribution in [0.2, 0.25) is 0 Å². The number of nitrogens with zero attached hydrogens (tertiary/aromatic N) is 1. The van der Waals surface area contributed by atoms with Gasteiger partial charge in [-0.15, -0.1) is 11.3 Å². The quantitative estimate of drug-likeness (QED) is 0.626. The van der Waals surface area contributed by atoms with Gasteiger partial charge in [-0.25, -0.2) is 4.98 Å². The summed E-state index contributed by atoms with van der Waals surface area (Å²) in [5.74, 6) is 0.911. The molecule has 2 N–H and O–H groups in total. The summed E-state index contributed by atoms with van der Waals surface area (Å²) in [5, 5.41) is 4.08. The Hall–Kier alpha value is -2.44. The van der Waals surface area contributed by atoms with Gasteiger partial charge in [0.05, 0.1) is 24.4 Å². The van der Waals surface area contributed by atoms with Crippen LogP contribution in [0.1, 0.15) is 23.5 Å². The minimum atomic E-state index is 0.0513. The zero-order valence-electron chi connectivity index (χ0n) is 16.0. The number of nitrogens with one attached hydrogen (secondary N) is 2. The molecule has 6 heteroatoms. The van der Waals surface area contributed by atoms with Crippen LogP contribution >= 0.6 is 11.3 Å². The highest BCUT2D eigenvalue weighted by Crippen LogP contribution is 2.24. The van der Waals surface area contributed by atoms with Gasteiger partial charge in [0.15, 0.2) is 11.6 Å². The maximum atomic E-state index is 12.3. The molecule has 142 valence electrons. The molecule has 1 amide bonds. The van der Waals surface area contributed by atoms with Crippen molar-refractivity contribution in [2.45, 2.75) is 19.4 Å². The van der Waals surface area contributed by atoms with E-state index in [1.54, 1.807) is 18.4 Å². The summed E-state index contributed by atoms with van der Waals surface area (Å²) < 4.78 is 6.54. The van der Waals surface area contributed by atoms with Gasteiger partial charge in [0.25, 0.3) is 5.91 Å². The topological polar surface area (TPSA) is 55.7 Å². The number of hydrogen-bond acceptors (Lipinski definition) is 4. The second kappa shape index (κ2) is 8.97. The first-order valence-electron chi connectivity index (χ1n) is 9.15. The zero-order valence-corrected chi connectivity index (χ0v) is 16.8. The molecule has 0 bridgehead atoms. The number of hydrogen-bond donors (Lipinski definition) is 2. The number of methoxy groups -OCH3 is 1. The number of likely N-dealkylation sites (N-methyl/N-ethyl adjacent to an activating group) is 1. The number of thiazole rings is 1. The molecule has 3 rings (SSSR count). The van der Waals surface area contributed by atoms with Gasteiger partial charge in [0, 0.05) is 6.54 Å². The summed E-state index contributed by atoms with van der Waals surface area (Å²) in [6, 6.07) is 16.2. The number of carbonyl (C=O) groups is 1. The fourth-order valence-electron chi connectivity index (χ4n) is 3.00. The van der Waals surface area contributed by atoms with Crippen LogP contribution in [0.4, 0.5) is 0 Å². The molecule has 2 atom stereocenters. The van der Waals surface area contributed by atoms with Crippen molar-refractivity contribution < 1.29 is 14.4 Å². The number of amides is 1. The number of aromatic nitrogens is 1. The molecule has 5 nitrogen and oxygen atoms in total. The van der Waals surface area contributed by atoms with Gasteiger partial charge in [-0.1, -0.05) is 30.3 Å². The van der Waals surface area contributed by atoms with Crippen molar-refractivity contribution in [1.29, 1.82) is 0 Å². The zero-order chi connectivity index (χ0) is 19.2. The van der Waals surface area contributed by atoms with Gasteiger partial charge in [-0.05, 0) is 37.1 Å². The minimum Gasteiger partial charge on any atom is -0.496 e. The van der Waals surface area contributed by atoms with Gasteiger partial charge < -0.3 is 15.0 Å². The standard InChI is InChI=1S/C21H25N3O2S/c1-15(21-23-17-9-5-7-11-19(17)27-21)24(2)14-20(25)22-13-12-16-8-4-6-10-18(16)26-3/h4-11,15H,12-14H2,1-3H3,(H,22,25)/p+1/t15-/m0/s1. The lowest BCUT2D eigenvalue weighted by Gasteiger charge is -2.19. The molecule has 1 heterocycles. The Balaban J connectivity index is 1.51. The third kappa shape index (κ3) is 4.84. The predicted molar refractivity (Wildman–Crippen MR) is 109 cm³/mol. The molecule has 2 aromatic carbocycles. The van der Waals surface area contributed by atoms with Crippen LogP contribution < -0.4 is 15.0 Å². The summed E-state index contributed by atoms with van der Waals surface area (Å²) in [5.41, 5.74) is 2.13. The van der Waals surface area contributed by atoms with Crippen LogP contribution in [0.3, 0.4) is 0 Å². The Bertz CT molecular complexity index is 876. The summed E-state index contributed by atoms with van der Waals surface area (Å²) in [6.07, 6.45) is 0.752. The molecule has 1 aromatic heterocycles. The predicted octanol–water partition coefficient (Wildman–Crippen LogP) is 2.24. The first-order valence-corrected chi connectivity index (χ1v) is 9.96. The molecule has 0 radical (unpaired) electrons. The van der Waals surface area contributed by atoms with Crippen molar-refractivity contribution in [1.82, 2.24) is 10.3 Å². The number of quaternary nitrogens is 1. The van der Waals surface area contributed by atoms with Crippen molar-refractivity contribution in [3.05, 3.63) is 59.1 Å². The van der Waals surface area contributed by atoms with Crippen molar-refractivity contribution in [3.63, 3.8) is 0 Å². The second-order valence-electron chi connectivity index (χ2n) is 6.68. The van der Waals surface area contributed by atoms with Gasteiger partial charge in [-0.2, -0.15) is 0 Å². The Morgan fingerprint density at radius 3 is 2.74 bits per heavy atom. The lowest BCUT2D eigenvalue weighted by molar-refractivity contribution is -0.902. The van der Waals surface area contributed by atoms with Crippen LogP contribution in [0.15, 0.2) is 48.5 Å². The first-order chi connectivity index (χ1) is 13.1. The number of rotatable bonds is 8. The van der Waals surface area contributed by atoms with E-state index < -0.39 is 0 Å². The summed E-state index contributed by atoms with van der Waals surface area (Å²) in [6.45, 7) is 3.14. The Labute approximate surface area is 164 Å². The normalized spacial score (nSPS) is 13.3. The van der Waals surface area contributed by atoms with Gasteiger partial charge in [0.2, 0.25) is 0 Å². The molecule has 0 fully saturated rings. The summed E-state index contributed by atoms with van der Waals surface area (Å²) in [4.78, 5) is 18.2. The van der Waals surface area contributed by atoms with Crippen molar-refractivity contribution >= 4 is 27.5 Å².